The van der Waals surface area contributed by atoms with Crippen LogP contribution >= 0.6 is 0 Å². The number of benzene rings is 8. The molecular formula is C51H34N2. The summed E-state index contributed by atoms with van der Waals surface area (Å²) >= 11 is 0. The van der Waals surface area contributed by atoms with Gasteiger partial charge >= 0.3 is 0 Å². The van der Waals surface area contributed by atoms with Crippen LogP contribution < -0.4 is 0 Å². The van der Waals surface area contributed by atoms with E-state index in [4.69, 9.17) is 9.97 Å². The van der Waals surface area contributed by atoms with Crippen LogP contribution in [0, 0.1) is 0 Å². The molecule has 0 spiro atoms. The number of aromatic nitrogens is 2. The predicted octanol–water partition coefficient (Wildman–Crippen LogP) is 12.8. The zero-order chi connectivity index (χ0) is 35.2. The molecule has 10 aromatic rings. The van der Waals surface area contributed by atoms with Crippen LogP contribution in [0.5, 0.6) is 0 Å². The van der Waals surface area contributed by atoms with Gasteiger partial charge in [0.1, 0.15) is 0 Å². The summed E-state index contributed by atoms with van der Waals surface area (Å²) in [6.45, 7) is 0. The maximum atomic E-state index is 5.00. The van der Waals surface area contributed by atoms with Crippen LogP contribution in [0.3, 0.4) is 0 Å². The smallest absolute Gasteiger partial charge is 0.0715 e. The van der Waals surface area contributed by atoms with Crippen molar-refractivity contribution < 1.29 is 0 Å². The molecule has 0 atom stereocenters. The van der Waals surface area contributed by atoms with Gasteiger partial charge in [-0.25, -0.2) is 9.97 Å². The standard InChI is InChI=1S/C51H34N2/c1-3-15-37(16-4-1)51(38-17-5-2-6-18-38,39-31-27-35(28-32-39)49-41-19-7-11-23-45(41)52-46-24-12-8-20-42(46)49)40-33-29-36(30-34-40)50-43-21-9-13-25-47(43)53-48-26-14-10-22-44(48)50/h1-34H. The molecule has 53 heavy (non-hydrogen) atoms. The Kier molecular flexibility index (Phi) is 7.40. The lowest BCUT2D eigenvalue weighted by molar-refractivity contribution is 0.745. The highest BCUT2D eigenvalue weighted by atomic mass is 14.7. The molecule has 8 aromatic carbocycles. The van der Waals surface area contributed by atoms with E-state index >= 15 is 0 Å². The summed E-state index contributed by atoms with van der Waals surface area (Å²) in [5, 5.41) is 4.62. The Morgan fingerprint density at radius 3 is 0.830 bits per heavy atom. The van der Waals surface area contributed by atoms with Crippen LogP contribution in [-0.4, -0.2) is 9.97 Å². The van der Waals surface area contributed by atoms with Crippen molar-refractivity contribution in [2.75, 3.05) is 0 Å². The van der Waals surface area contributed by atoms with Gasteiger partial charge in [0.2, 0.25) is 0 Å². The van der Waals surface area contributed by atoms with Crippen molar-refractivity contribution in [1.82, 2.24) is 9.97 Å². The third-order valence-corrected chi connectivity index (χ3v) is 10.8. The number of fused-ring (bicyclic) bond motifs is 4. The molecule has 2 heterocycles. The lowest BCUT2D eigenvalue weighted by atomic mass is 9.65. The summed E-state index contributed by atoms with van der Waals surface area (Å²) in [4.78, 5) is 10.00. The molecule has 0 aliphatic carbocycles. The predicted molar refractivity (Wildman–Crippen MR) is 221 cm³/mol. The Morgan fingerprint density at radius 2 is 0.509 bits per heavy atom. The van der Waals surface area contributed by atoms with Gasteiger partial charge in [-0.15, -0.1) is 0 Å². The highest BCUT2D eigenvalue weighted by Gasteiger charge is 2.38. The monoisotopic (exact) mass is 674 g/mol. The Bertz CT molecular complexity index is 2600. The topological polar surface area (TPSA) is 25.8 Å². The minimum atomic E-state index is -0.579. The maximum Gasteiger partial charge on any atom is 0.0715 e. The Morgan fingerprint density at radius 1 is 0.245 bits per heavy atom. The van der Waals surface area contributed by atoms with Crippen LogP contribution in [-0.2, 0) is 5.41 Å². The normalized spacial score (nSPS) is 11.8. The Hall–Kier alpha value is -6.90. The lowest BCUT2D eigenvalue weighted by Crippen LogP contribution is -2.31. The Balaban J connectivity index is 1.20. The van der Waals surface area contributed by atoms with Gasteiger partial charge in [0.15, 0.2) is 0 Å². The molecule has 10 rings (SSSR count). The largest absolute Gasteiger partial charge is 0.248 e. The van der Waals surface area contributed by atoms with Gasteiger partial charge in [-0.3, -0.25) is 0 Å². The fourth-order valence-electron chi connectivity index (χ4n) is 8.45. The highest BCUT2D eigenvalue weighted by Crippen LogP contribution is 2.47. The molecule has 0 saturated heterocycles. The average molecular weight is 675 g/mol. The quantitative estimate of drug-likeness (QED) is 0.130. The Labute approximate surface area is 308 Å². The molecule has 0 radical (unpaired) electrons. The summed E-state index contributed by atoms with van der Waals surface area (Å²) in [7, 11) is 0. The fourth-order valence-corrected chi connectivity index (χ4v) is 8.45. The molecular weight excluding hydrogens is 641 g/mol. The molecule has 0 saturated carbocycles. The minimum Gasteiger partial charge on any atom is -0.248 e. The van der Waals surface area contributed by atoms with E-state index in [1.165, 1.54) is 44.5 Å². The van der Waals surface area contributed by atoms with Gasteiger partial charge in [0.05, 0.1) is 27.5 Å². The molecule has 2 aromatic heterocycles. The van der Waals surface area contributed by atoms with Gasteiger partial charge in [-0.1, -0.05) is 182 Å². The van der Waals surface area contributed by atoms with Crippen LogP contribution in [0.4, 0.5) is 0 Å². The molecule has 248 valence electrons. The van der Waals surface area contributed by atoms with Crippen molar-refractivity contribution >= 4 is 43.6 Å². The first-order chi connectivity index (χ1) is 26.3. The fraction of sp³-hybridized carbons (Fsp3) is 0.0196. The lowest BCUT2D eigenvalue weighted by Gasteiger charge is -2.37. The van der Waals surface area contributed by atoms with Gasteiger partial charge in [0, 0.05) is 32.7 Å². The number of pyridine rings is 2. The summed E-state index contributed by atoms with van der Waals surface area (Å²) < 4.78 is 0. The molecule has 2 heteroatoms. The van der Waals surface area contributed by atoms with Crippen molar-refractivity contribution in [2.24, 2.45) is 0 Å². The van der Waals surface area contributed by atoms with Gasteiger partial charge in [-0.05, 0) is 57.6 Å². The van der Waals surface area contributed by atoms with Crippen LogP contribution in [0.25, 0.3) is 65.9 Å². The van der Waals surface area contributed by atoms with E-state index in [-0.39, 0.29) is 0 Å². The molecule has 0 amide bonds. The minimum absolute atomic E-state index is 0.579. The molecule has 0 aliphatic heterocycles. The second kappa shape index (κ2) is 12.7. The second-order valence-corrected chi connectivity index (χ2v) is 13.7. The zero-order valence-electron chi connectivity index (χ0n) is 29.0. The van der Waals surface area contributed by atoms with E-state index in [9.17, 15) is 0 Å². The first-order valence-corrected chi connectivity index (χ1v) is 18.2. The second-order valence-electron chi connectivity index (χ2n) is 13.7. The third-order valence-electron chi connectivity index (χ3n) is 10.8. The van der Waals surface area contributed by atoms with Crippen molar-refractivity contribution in [3.8, 4) is 22.3 Å². The molecule has 0 bridgehead atoms. The third kappa shape index (κ3) is 5.03. The van der Waals surface area contributed by atoms with E-state index in [1.54, 1.807) is 0 Å². The first-order valence-electron chi connectivity index (χ1n) is 18.2. The van der Waals surface area contributed by atoms with Gasteiger partial charge in [-0.2, -0.15) is 0 Å². The number of hydrogen-bond acceptors (Lipinski definition) is 2. The first kappa shape index (κ1) is 30.9. The molecule has 0 aliphatic rings. The van der Waals surface area contributed by atoms with E-state index in [0.717, 1.165) is 43.6 Å². The molecule has 2 nitrogen and oxygen atoms in total. The number of nitrogens with zero attached hydrogens (tertiary/aromatic N) is 2. The van der Waals surface area contributed by atoms with Gasteiger partial charge in [0.25, 0.3) is 0 Å². The summed E-state index contributed by atoms with van der Waals surface area (Å²) in [6.07, 6.45) is 0. The summed E-state index contributed by atoms with van der Waals surface area (Å²) in [5.41, 5.74) is 13.0. The van der Waals surface area contributed by atoms with Crippen molar-refractivity contribution in [3.63, 3.8) is 0 Å². The van der Waals surface area contributed by atoms with Crippen LogP contribution in [0.2, 0.25) is 0 Å². The van der Waals surface area contributed by atoms with E-state index in [0.29, 0.717) is 0 Å². The summed E-state index contributed by atoms with van der Waals surface area (Å²) in [5.74, 6) is 0. The molecule has 0 fully saturated rings. The van der Waals surface area contributed by atoms with E-state index in [1.807, 2.05) is 0 Å². The average Bonchev–Trinajstić information content (AvgIpc) is 3.23. The number of hydrogen-bond donors (Lipinski definition) is 0. The number of para-hydroxylation sites is 4. The van der Waals surface area contributed by atoms with Crippen LogP contribution in [0.1, 0.15) is 22.3 Å². The number of rotatable bonds is 6. The van der Waals surface area contributed by atoms with Crippen molar-refractivity contribution in [2.45, 2.75) is 5.41 Å². The molecule has 0 unspecified atom stereocenters. The van der Waals surface area contributed by atoms with Gasteiger partial charge < -0.3 is 0 Å². The molecule has 0 N–H and O–H groups in total. The zero-order valence-corrected chi connectivity index (χ0v) is 29.0. The van der Waals surface area contributed by atoms with E-state index in [2.05, 4.69) is 206 Å². The van der Waals surface area contributed by atoms with E-state index < -0.39 is 5.41 Å². The SMILES string of the molecule is c1ccc(C(c2ccccc2)(c2ccc(-c3c4ccccc4nc4ccccc34)cc2)c2ccc(-c3c4ccccc4nc4ccccc34)cc2)cc1. The van der Waals surface area contributed by atoms with Crippen molar-refractivity contribution in [3.05, 3.63) is 229 Å². The van der Waals surface area contributed by atoms with Crippen molar-refractivity contribution in [1.29, 1.82) is 0 Å². The van der Waals surface area contributed by atoms with Crippen LogP contribution in [0.15, 0.2) is 206 Å². The highest BCUT2D eigenvalue weighted by molar-refractivity contribution is 6.10. The summed E-state index contributed by atoms with van der Waals surface area (Å²) in [6, 6.07) is 74.3. The maximum absolute atomic E-state index is 5.00.